The van der Waals surface area contributed by atoms with Crippen LogP contribution < -0.4 is 11.3 Å². The third-order valence-electron chi connectivity index (χ3n) is 4.17. The molecular weight excluding hydrogens is 220 g/mol. The van der Waals surface area contributed by atoms with E-state index in [4.69, 9.17) is 5.84 Å². The van der Waals surface area contributed by atoms with Gasteiger partial charge in [-0.15, -0.1) is 0 Å². The number of rotatable bonds is 5. The average molecular weight is 246 g/mol. The van der Waals surface area contributed by atoms with E-state index in [2.05, 4.69) is 43.5 Å². The molecule has 0 saturated heterocycles. The molecule has 2 heteroatoms. The van der Waals surface area contributed by atoms with Gasteiger partial charge in [0, 0.05) is 12.0 Å². The fraction of sp³-hybridized carbons (Fsp3) is 0.625. The second-order valence-corrected chi connectivity index (χ2v) is 5.94. The van der Waals surface area contributed by atoms with Gasteiger partial charge in [-0.2, -0.15) is 0 Å². The second kappa shape index (κ2) is 6.35. The summed E-state index contributed by atoms with van der Waals surface area (Å²) < 4.78 is 0. The lowest BCUT2D eigenvalue weighted by atomic mass is 9.77. The molecular formula is C16H26N2. The summed E-state index contributed by atoms with van der Waals surface area (Å²) in [5.41, 5.74) is 6.12. The zero-order valence-corrected chi connectivity index (χ0v) is 11.7. The van der Waals surface area contributed by atoms with Gasteiger partial charge in [0.25, 0.3) is 0 Å². The van der Waals surface area contributed by atoms with Crippen LogP contribution in [0.1, 0.15) is 56.6 Å². The van der Waals surface area contributed by atoms with Crippen LogP contribution in [-0.2, 0) is 6.42 Å². The van der Waals surface area contributed by atoms with Gasteiger partial charge in [-0.25, -0.2) is 0 Å². The number of hydrogen-bond donors (Lipinski definition) is 2. The molecule has 2 atom stereocenters. The summed E-state index contributed by atoms with van der Waals surface area (Å²) in [6.07, 6.45) is 6.21. The molecule has 0 amide bonds. The first-order chi connectivity index (χ1) is 8.72. The van der Waals surface area contributed by atoms with Gasteiger partial charge in [-0.1, -0.05) is 38.1 Å². The van der Waals surface area contributed by atoms with E-state index in [9.17, 15) is 0 Å². The van der Waals surface area contributed by atoms with Gasteiger partial charge in [0.1, 0.15) is 0 Å². The molecule has 18 heavy (non-hydrogen) atoms. The van der Waals surface area contributed by atoms with Crippen LogP contribution >= 0.6 is 0 Å². The Bertz CT molecular complexity index is 373. The van der Waals surface area contributed by atoms with Crippen LogP contribution in [0.2, 0.25) is 0 Å². The van der Waals surface area contributed by atoms with E-state index < -0.39 is 0 Å². The highest BCUT2D eigenvalue weighted by Gasteiger charge is 2.26. The molecule has 0 fully saturated rings. The molecule has 0 bridgehead atoms. The topological polar surface area (TPSA) is 38.0 Å². The molecule has 1 aromatic rings. The number of nitrogens with two attached hydrogens (primary N) is 1. The molecule has 1 aromatic carbocycles. The Balaban J connectivity index is 2.12. The maximum Gasteiger partial charge on any atom is 0.0279 e. The Morgan fingerprint density at radius 2 is 2.06 bits per heavy atom. The minimum atomic E-state index is 0.425. The fourth-order valence-electron chi connectivity index (χ4n) is 3.12. The standard InChI is InChI=1S/C16H26N2/c1-12(2)10-11-16(18-17)15-9-5-7-13-6-3-4-8-14(13)15/h3-4,6,8,12,15-16,18H,5,7,9-11,17H2,1-2H3. The monoisotopic (exact) mass is 246 g/mol. The molecule has 3 N–H and O–H groups in total. The van der Waals surface area contributed by atoms with Gasteiger partial charge in [-0.05, 0) is 49.1 Å². The molecule has 1 aliphatic carbocycles. The van der Waals surface area contributed by atoms with Crippen LogP contribution in [0.5, 0.6) is 0 Å². The average Bonchev–Trinajstić information content (AvgIpc) is 2.39. The second-order valence-electron chi connectivity index (χ2n) is 5.94. The number of fused-ring (bicyclic) bond motifs is 1. The predicted molar refractivity (Wildman–Crippen MR) is 77.3 cm³/mol. The summed E-state index contributed by atoms with van der Waals surface area (Å²) >= 11 is 0. The van der Waals surface area contributed by atoms with Gasteiger partial charge >= 0.3 is 0 Å². The van der Waals surface area contributed by atoms with E-state index in [1.54, 1.807) is 0 Å². The Morgan fingerprint density at radius 3 is 2.78 bits per heavy atom. The van der Waals surface area contributed by atoms with E-state index in [-0.39, 0.29) is 0 Å². The molecule has 0 heterocycles. The van der Waals surface area contributed by atoms with E-state index in [0.29, 0.717) is 12.0 Å². The number of hydrazine groups is 1. The quantitative estimate of drug-likeness (QED) is 0.617. The molecule has 2 nitrogen and oxygen atoms in total. The molecule has 0 radical (unpaired) electrons. The van der Waals surface area contributed by atoms with Gasteiger partial charge in [0.15, 0.2) is 0 Å². The van der Waals surface area contributed by atoms with E-state index >= 15 is 0 Å². The van der Waals surface area contributed by atoms with E-state index in [1.807, 2.05) is 0 Å². The lowest BCUT2D eigenvalue weighted by Crippen LogP contribution is -2.41. The summed E-state index contributed by atoms with van der Waals surface area (Å²) in [6, 6.07) is 9.30. The summed E-state index contributed by atoms with van der Waals surface area (Å²) in [5, 5.41) is 0. The van der Waals surface area contributed by atoms with Crippen molar-refractivity contribution >= 4 is 0 Å². The van der Waals surface area contributed by atoms with Gasteiger partial charge in [-0.3, -0.25) is 11.3 Å². The van der Waals surface area contributed by atoms with E-state index in [1.165, 1.54) is 43.2 Å². The Labute approximate surface area is 111 Å². The van der Waals surface area contributed by atoms with Crippen molar-refractivity contribution in [3.63, 3.8) is 0 Å². The lowest BCUT2D eigenvalue weighted by molar-refractivity contribution is 0.354. The molecule has 2 unspecified atom stereocenters. The minimum Gasteiger partial charge on any atom is -0.271 e. The number of benzene rings is 1. The smallest absolute Gasteiger partial charge is 0.0279 e. The van der Waals surface area contributed by atoms with Crippen LogP contribution in [0, 0.1) is 5.92 Å². The number of hydrogen-bond acceptors (Lipinski definition) is 2. The van der Waals surface area contributed by atoms with Crippen LogP contribution in [0.15, 0.2) is 24.3 Å². The third kappa shape index (κ3) is 3.12. The first-order valence-corrected chi connectivity index (χ1v) is 7.26. The van der Waals surface area contributed by atoms with Crippen molar-refractivity contribution < 1.29 is 0 Å². The predicted octanol–water partition coefficient (Wildman–Crippen LogP) is 3.37. The third-order valence-corrected chi connectivity index (χ3v) is 4.17. The molecule has 100 valence electrons. The molecule has 0 saturated carbocycles. The zero-order chi connectivity index (χ0) is 13.0. The van der Waals surface area contributed by atoms with Crippen molar-refractivity contribution in [3.05, 3.63) is 35.4 Å². The van der Waals surface area contributed by atoms with Gasteiger partial charge in [0.05, 0.1) is 0 Å². The molecule has 1 aliphatic rings. The minimum absolute atomic E-state index is 0.425. The highest BCUT2D eigenvalue weighted by molar-refractivity contribution is 5.33. The first kappa shape index (κ1) is 13.6. The van der Waals surface area contributed by atoms with Crippen molar-refractivity contribution in [2.75, 3.05) is 0 Å². The van der Waals surface area contributed by atoms with Crippen molar-refractivity contribution in [2.45, 2.75) is 57.9 Å². The van der Waals surface area contributed by atoms with Crippen molar-refractivity contribution in [3.8, 4) is 0 Å². The Kier molecular flexibility index (Phi) is 4.79. The van der Waals surface area contributed by atoms with Crippen LogP contribution in [-0.4, -0.2) is 6.04 Å². The summed E-state index contributed by atoms with van der Waals surface area (Å²) in [4.78, 5) is 0. The lowest BCUT2D eigenvalue weighted by Gasteiger charge is -2.32. The first-order valence-electron chi connectivity index (χ1n) is 7.26. The van der Waals surface area contributed by atoms with Crippen molar-refractivity contribution in [1.82, 2.24) is 5.43 Å². The van der Waals surface area contributed by atoms with Crippen LogP contribution in [0.3, 0.4) is 0 Å². The molecule has 2 rings (SSSR count). The maximum atomic E-state index is 5.80. The van der Waals surface area contributed by atoms with Crippen molar-refractivity contribution in [2.24, 2.45) is 11.8 Å². The maximum absolute atomic E-state index is 5.80. The Hall–Kier alpha value is -0.860. The summed E-state index contributed by atoms with van der Waals surface area (Å²) in [6.45, 7) is 4.56. The molecule has 0 aliphatic heterocycles. The van der Waals surface area contributed by atoms with Crippen LogP contribution in [0.4, 0.5) is 0 Å². The van der Waals surface area contributed by atoms with Crippen molar-refractivity contribution in [1.29, 1.82) is 0 Å². The summed E-state index contributed by atoms with van der Waals surface area (Å²) in [7, 11) is 0. The fourth-order valence-corrected chi connectivity index (χ4v) is 3.12. The summed E-state index contributed by atoms with van der Waals surface area (Å²) in [5.74, 6) is 7.14. The highest BCUT2D eigenvalue weighted by Crippen LogP contribution is 2.35. The van der Waals surface area contributed by atoms with Crippen LogP contribution in [0.25, 0.3) is 0 Å². The zero-order valence-electron chi connectivity index (χ0n) is 11.7. The molecule has 0 spiro atoms. The molecule has 0 aromatic heterocycles. The van der Waals surface area contributed by atoms with E-state index in [0.717, 1.165) is 5.92 Å². The van der Waals surface area contributed by atoms with Gasteiger partial charge in [0.2, 0.25) is 0 Å². The normalized spacial score (nSPS) is 20.8. The SMILES string of the molecule is CC(C)CCC(NN)C1CCCc2ccccc21. The largest absolute Gasteiger partial charge is 0.271 e. The number of nitrogens with one attached hydrogen (secondary N) is 1. The Morgan fingerprint density at radius 1 is 1.28 bits per heavy atom. The number of aryl methyl sites for hydroxylation is 1. The highest BCUT2D eigenvalue weighted by atomic mass is 15.2. The van der Waals surface area contributed by atoms with Gasteiger partial charge < -0.3 is 0 Å².